The van der Waals surface area contributed by atoms with Crippen LogP contribution in [0.4, 0.5) is 0 Å². The van der Waals surface area contributed by atoms with Gasteiger partial charge in [0.25, 0.3) is 0 Å². The number of carboxylic acids is 1. The van der Waals surface area contributed by atoms with Crippen molar-refractivity contribution in [1.29, 1.82) is 0 Å². The summed E-state index contributed by atoms with van der Waals surface area (Å²) in [6.45, 7) is 0. The van der Waals surface area contributed by atoms with E-state index >= 15 is 0 Å². The van der Waals surface area contributed by atoms with Crippen LogP contribution >= 0.6 is 43.6 Å². The van der Waals surface area contributed by atoms with Gasteiger partial charge in [0, 0.05) is 13.8 Å². The number of aromatic carboxylic acids is 1. The number of benzene rings is 1. The van der Waals surface area contributed by atoms with Gasteiger partial charge in [-0.05, 0) is 34.3 Å². The number of hydrogen-bond acceptors (Lipinski definition) is 2. The smallest absolute Gasteiger partial charge is 0.336 e. The molecule has 0 amide bonds. The Morgan fingerprint density at radius 1 is 1.46 bits per heavy atom. The zero-order chi connectivity index (χ0) is 10.0. The minimum atomic E-state index is -0.911. The number of carboxylic acid groups (broad SMARTS) is 1. The molecule has 2 nitrogen and oxygen atoms in total. The van der Waals surface area contributed by atoms with Crippen LogP contribution in [0.5, 0.6) is 0 Å². The van der Waals surface area contributed by atoms with Gasteiger partial charge in [-0.15, -0.1) is 11.8 Å². The van der Waals surface area contributed by atoms with Crippen molar-refractivity contribution in [3.8, 4) is 0 Å². The standard InChI is InChI=1S/C8H6Br2O2S/c1-13-7-5(8(11)12)2-4(9)3-6(7)10/h2-3H,1H3,(H,11,12). The summed E-state index contributed by atoms with van der Waals surface area (Å²) < 4.78 is 1.56. The molecule has 1 N–H and O–H groups in total. The number of rotatable bonds is 2. The molecule has 5 heteroatoms. The molecule has 0 fully saturated rings. The van der Waals surface area contributed by atoms with Crippen LogP contribution in [0.25, 0.3) is 0 Å². The fourth-order valence-corrected chi connectivity index (χ4v) is 3.26. The molecule has 70 valence electrons. The summed E-state index contributed by atoms with van der Waals surface area (Å²) in [5.74, 6) is -0.911. The van der Waals surface area contributed by atoms with E-state index in [2.05, 4.69) is 31.9 Å². The first-order valence-electron chi connectivity index (χ1n) is 3.32. The Hall–Kier alpha value is -0.000000000000000111. The molecule has 0 atom stereocenters. The summed E-state index contributed by atoms with van der Waals surface area (Å²) in [5, 5.41) is 8.89. The van der Waals surface area contributed by atoms with Crippen molar-refractivity contribution in [2.75, 3.05) is 6.26 Å². The number of hydrogen-bond donors (Lipinski definition) is 1. The predicted molar refractivity (Wildman–Crippen MR) is 60.6 cm³/mol. The third-order valence-corrected chi connectivity index (χ3v) is 3.64. The lowest BCUT2D eigenvalue weighted by molar-refractivity contribution is 0.0693. The molecule has 0 unspecified atom stereocenters. The molecule has 0 aliphatic heterocycles. The molecule has 0 aliphatic carbocycles. The third-order valence-electron chi connectivity index (χ3n) is 1.44. The van der Waals surface area contributed by atoms with Crippen LogP contribution in [-0.4, -0.2) is 17.3 Å². The lowest BCUT2D eigenvalue weighted by Crippen LogP contribution is -1.99. The second-order valence-electron chi connectivity index (χ2n) is 2.27. The first-order valence-corrected chi connectivity index (χ1v) is 6.13. The summed E-state index contributed by atoms with van der Waals surface area (Å²) in [6.07, 6.45) is 1.85. The van der Waals surface area contributed by atoms with Gasteiger partial charge in [0.05, 0.1) is 5.56 Å². The Kier molecular flexibility index (Phi) is 3.82. The Balaban J connectivity index is 3.38. The maximum Gasteiger partial charge on any atom is 0.336 e. The third kappa shape index (κ3) is 2.48. The second-order valence-corrected chi connectivity index (χ2v) is 4.86. The highest BCUT2D eigenvalue weighted by atomic mass is 79.9. The van der Waals surface area contributed by atoms with Crippen LogP contribution in [0, 0.1) is 0 Å². The molecule has 1 rings (SSSR count). The predicted octanol–water partition coefficient (Wildman–Crippen LogP) is 3.63. The van der Waals surface area contributed by atoms with E-state index in [0.717, 1.165) is 13.8 Å². The van der Waals surface area contributed by atoms with Crippen LogP contribution in [0.15, 0.2) is 26.0 Å². The van der Waals surface area contributed by atoms with E-state index in [1.165, 1.54) is 11.8 Å². The molecule has 0 radical (unpaired) electrons. The van der Waals surface area contributed by atoms with Gasteiger partial charge >= 0.3 is 5.97 Å². The van der Waals surface area contributed by atoms with Crippen LogP contribution in [0.3, 0.4) is 0 Å². The van der Waals surface area contributed by atoms with Crippen LogP contribution in [0.2, 0.25) is 0 Å². The quantitative estimate of drug-likeness (QED) is 0.844. The topological polar surface area (TPSA) is 37.3 Å². The molecule has 0 heterocycles. The first kappa shape index (κ1) is 11.1. The molecule has 13 heavy (non-hydrogen) atoms. The highest BCUT2D eigenvalue weighted by molar-refractivity contribution is 9.11. The lowest BCUT2D eigenvalue weighted by atomic mass is 10.2. The van der Waals surface area contributed by atoms with Crippen LogP contribution < -0.4 is 0 Å². The van der Waals surface area contributed by atoms with E-state index in [1.807, 2.05) is 12.3 Å². The van der Waals surface area contributed by atoms with Crippen molar-refractivity contribution in [3.63, 3.8) is 0 Å². The van der Waals surface area contributed by atoms with E-state index in [9.17, 15) is 4.79 Å². The molecule has 0 bridgehead atoms. The molecule has 0 aliphatic rings. The van der Waals surface area contributed by atoms with Gasteiger partial charge in [0.1, 0.15) is 0 Å². The lowest BCUT2D eigenvalue weighted by Gasteiger charge is -2.05. The van der Waals surface area contributed by atoms with Gasteiger partial charge in [-0.25, -0.2) is 4.79 Å². The Bertz CT molecular complexity index is 352. The highest BCUT2D eigenvalue weighted by Gasteiger charge is 2.13. The summed E-state index contributed by atoms with van der Waals surface area (Å²) in [6, 6.07) is 3.43. The van der Waals surface area contributed by atoms with E-state index in [-0.39, 0.29) is 0 Å². The van der Waals surface area contributed by atoms with Crippen LogP contribution in [-0.2, 0) is 0 Å². The zero-order valence-electron chi connectivity index (χ0n) is 6.67. The molecule has 1 aromatic carbocycles. The van der Waals surface area contributed by atoms with Gasteiger partial charge < -0.3 is 5.11 Å². The van der Waals surface area contributed by atoms with Crippen molar-refractivity contribution >= 4 is 49.6 Å². The van der Waals surface area contributed by atoms with E-state index in [4.69, 9.17) is 5.11 Å². The maximum absolute atomic E-state index is 10.8. The summed E-state index contributed by atoms with van der Waals surface area (Å²) in [7, 11) is 0. The van der Waals surface area contributed by atoms with Gasteiger partial charge in [-0.2, -0.15) is 0 Å². The van der Waals surface area contributed by atoms with Gasteiger partial charge in [-0.3, -0.25) is 0 Å². The number of thioether (sulfide) groups is 1. The normalized spacial score (nSPS) is 10.1. The monoisotopic (exact) mass is 324 g/mol. The average Bonchev–Trinajstić information content (AvgIpc) is 2.02. The Morgan fingerprint density at radius 3 is 2.54 bits per heavy atom. The molecule has 0 aromatic heterocycles. The highest BCUT2D eigenvalue weighted by Crippen LogP contribution is 2.32. The van der Waals surface area contributed by atoms with Gasteiger partial charge in [0.15, 0.2) is 0 Å². The second kappa shape index (κ2) is 4.48. The fourth-order valence-electron chi connectivity index (χ4n) is 0.927. The fraction of sp³-hybridized carbons (Fsp3) is 0.125. The SMILES string of the molecule is CSc1c(Br)cc(Br)cc1C(=O)O. The van der Waals surface area contributed by atoms with Crippen molar-refractivity contribution < 1.29 is 9.90 Å². The number of halogens is 2. The minimum Gasteiger partial charge on any atom is -0.478 e. The maximum atomic E-state index is 10.8. The molecule has 1 aromatic rings. The van der Waals surface area contributed by atoms with E-state index in [1.54, 1.807) is 6.07 Å². The molecule has 0 spiro atoms. The van der Waals surface area contributed by atoms with Gasteiger partial charge in [0.2, 0.25) is 0 Å². The summed E-state index contributed by atoms with van der Waals surface area (Å²) >= 11 is 7.96. The van der Waals surface area contributed by atoms with Crippen molar-refractivity contribution in [1.82, 2.24) is 0 Å². The van der Waals surface area contributed by atoms with Crippen molar-refractivity contribution in [2.24, 2.45) is 0 Å². The molecule has 0 saturated heterocycles. The molecular formula is C8H6Br2O2S. The first-order chi connectivity index (χ1) is 6.06. The summed E-state index contributed by atoms with van der Waals surface area (Å²) in [4.78, 5) is 11.6. The van der Waals surface area contributed by atoms with E-state index < -0.39 is 5.97 Å². The van der Waals surface area contributed by atoms with Crippen molar-refractivity contribution in [2.45, 2.75) is 4.90 Å². The van der Waals surface area contributed by atoms with Gasteiger partial charge in [-0.1, -0.05) is 15.9 Å². The molecular weight excluding hydrogens is 320 g/mol. The zero-order valence-corrected chi connectivity index (χ0v) is 10.7. The molecule has 0 saturated carbocycles. The Labute approximate surface area is 97.0 Å². The summed E-state index contributed by atoms with van der Waals surface area (Å²) in [5.41, 5.74) is 0.314. The van der Waals surface area contributed by atoms with Crippen LogP contribution in [0.1, 0.15) is 10.4 Å². The largest absolute Gasteiger partial charge is 0.478 e. The minimum absolute atomic E-state index is 0.314. The van der Waals surface area contributed by atoms with Crippen molar-refractivity contribution in [3.05, 3.63) is 26.6 Å². The van der Waals surface area contributed by atoms with E-state index in [0.29, 0.717) is 5.56 Å². The number of carbonyl (C=O) groups is 1. The Morgan fingerprint density at radius 2 is 2.08 bits per heavy atom. The average molecular weight is 326 g/mol.